The molecular weight excluding hydrogens is 200 g/mol. The van der Waals surface area contributed by atoms with Crippen molar-refractivity contribution in [1.82, 2.24) is 0 Å². The number of nitrogens with zero attached hydrogens (tertiary/aromatic N) is 1. The first-order chi connectivity index (χ1) is 7.15. The Morgan fingerprint density at radius 3 is 2.13 bits per heavy atom. The Balaban J connectivity index is 2.15. The van der Waals surface area contributed by atoms with Gasteiger partial charge in [0.1, 0.15) is 11.6 Å². The van der Waals surface area contributed by atoms with E-state index in [2.05, 4.69) is 0 Å². The van der Waals surface area contributed by atoms with Crippen LogP contribution in [0.15, 0.2) is 18.2 Å². The molecule has 0 aliphatic carbocycles. The van der Waals surface area contributed by atoms with E-state index < -0.39 is 11.6 Å². The molecular formula is C11H13F2NO. The molecule has 1 aliphatic heterocycles. The highest BCUT2D eigenvalue weighted by molar-refractivity contribution is 5.47. The molecule has 2 rings (SSSR count). The van der Waals surface area contributed by atoms with Crippen LogP contribution in [0.1, 0.15) is 12.8 Å². The first kappa shape index (κ1) is 10.4. The van der Waals surface area contributed by atoms with Crippen LogP contribution in [0.5, 0.6) is 0 Å². The van der Waals surface area contributed by atoms with Crippen molar-refractivity contribution in [1.29, 1.82) is 0 Å². The van der Waals surface area contributed by atoms with Crippen molar-refractivity contribution in [2.24, 2.45) is 0 Å². The minimum atomic E-state index is -0.559. The van der Waals surface area contributed by atoms with Crippen molar-refractivity contribution in [3.05, 3.63) is 29.8 Å². The topological polar surface area (TPSA) is 23.5 Å². The Morgan fingerprint density at radius 2 is 1.60 bits per heavy atom. The lowest BCUT2D eigenvalue weighted by Crippen LogP contribution is -2.35. The molecule has 1 aromatic carbocycles. The van der Waals surface area contributed by atoms with Gasteiger partial charge < -0.3 is 10.0 Å². The highest BCUT2D eigenvalue weighted by Gasteiger charge is 2.17. The number of benzene rings is 1. The highest BCUT2D eigenvalue weighted by atomic mass is 19.1. The predicted octanol–water partition coefficient (Wildman–Crippen LogP) is 1.93. The molecule has 0 spiro atoms. The number of piperidine rings is 1. The first-order valence-electron chi connectivity index (χ1n) is 5.04. The quantitative estimate of drug-likeness (QED) is 0.770. The number of hydrogen-bond donors (Lipinski definition) is 1. The molecule has 0 radical (unpaired) electrons. The smallest absolute Gasteiger partial charge is 0.128 e. The summed E-state index contributed by atoms with van der Waals surface area (Å²) in [5, 5.41) is 9.31. The lowest BCUT2D eigenvalue weighted by molar-refractivity contribution is 0.145. The van der Waals surface area contributed by atoms with Crippen LogP contribution in [0.25, 0.3) is 0 Å². The van der Waals surface area contributed by atoms with Gasteiger partial charge in [0.15, 0.2) is 0 Å². The van der Waals surface area contributed by atoms with Gasteiger partial charge in [0, 0.05) is 24.8 Å². The summed E-state index contributed by atoms with van der Waals surface area (Å²) in [5.74, 6) is -1.12. The van der Waals surface area contributed by atoms with Gasteiger partial charge >= 0.3 is 0 Å². The minimum absolute atomic E-state index is 0.278. The standard InChI is InChI=1S/C11H13F2NO/c12-8-5-9(13)7-10(6-8)14-3-1-11(15)2-4-14/h5-7,11,15H,1-4H2. The van der Waals surface area contributed by atoms with Gasteiger partial charge in [-0.2, -0.15) is 0 Å². The molecule has 4 heteroatoms. The summed E-state index contributed by atoms with van der Waals surface area (Å²) in [5.41, 5.74) is 0.555. The SMILES string of the molecule is OC1CCN(c2cc(F)cc(F)c2)CC1. The fourth-order valence-electron chi connectivity index (χ4n) is 1.85. The number of halogens is 2. The minimum Gasteiger partial charge on any atom is -0.393 e. The lowest BCUT2D eigenvalue weighted by atomic mass is 10.1. The van der Waals surface area contributed by atoms with Crippen LogP contribution in [0.4, 0.5) is 14.5 Å². The number of aliphatic hydroxyl groups excluding tert-OH is 1. The predicted molar refractivity (Wildman–Crippen MR) is 53.8 cm³/mol. The third-order valence-electron chi connectivity index (χ3n) is 2.68. The second-order valence-electron chi connectivity index (χ2n) is 3.85. The molecule has 82 valence electrons. The van der Waals surface area contributed by atoms with E-state index >= 15 is 0 Å². The van der Waals surface area contributed by atoms with Crippen LogP contribution in [0.2, 0.25) is 0 Å². The molecule has 0 aromatic heterocycles. The lowest BCUT2D eigenvalue weighted by Gasteiger charge is -2.31. The van der Waals surface area contributed by atoms with Gasteiger partial charge in [0.05, 0.1) is 6.10 Å². The van der Waals surface area contributed by atoms with Crippen LogP contribution in [0.3, 0.4) is 0 Å². The van der Waals surface area contributed by atoms with Crippen molar-refractivity contribution in [2.45, 2.75) is 18.9 Å². The average molecular weight is 213 g/mol. The van der Waals surface area contributed by atoms with Gasteiger partial charge in [-0.1, -0.05) is 0 Å². The summed E-state index contributed by atoms with van der Waals surface area (Å²) >= 11 is 0. The van der Waals surface area contributed by atoms with E-state index in [-0.39, 0.29) is 6.10 Å². The Kier molecular flexibility index (Phi) is 2.86. The van der Waals surface area contributed by atoms with E-state index in [1.54, 1.807) is 0 Å². The van der Waals surface area contributed by atoms with Gasteiger partial charge in [-0.25, -0.2) is 8.78 Å². The van der Waals surface area contributed by atoms with Crippen molar-refractivity contribution in [2.75, 3.05) is 18.0 Å². The van der Waals surface area contributed by atoms with E-state index in [4.69, 9.17) is 0 Å². The second kappa shape index (κ2) is 4.14. The number of aliphatic hydroxyl groups is 1. The fourth-order valence-corrected chi connectivity index (χ4v) is 1.85. The second-order valence-corrected chi connectivity index (χ2v) is 3.85. The van der Waals surface area contributed by atoms with Gasteiger partial charge in [-0.3, -0.25) is 0 Å². The number of rotatable bonds is 1. The van der Waals surface area contributed by atoms with Gasteiger partial charge in [0.25, 0.3) is 0 Å². The molecule has 1 saturated heterocycles. The van der Waals surface area contributed by atoms with Crippen LogP contribution in [-0.2, 0) is 0 Å². The third-order valence-corrected chi connectivity index (χ3v) is 2.68. The Hall–Kier alpha value is -1.16. The van der Waals surface area contributed by atoms with Crippen molar-refractivity contribution >= 4 is 5.69 Å². The molecule has 2 nitrogen and oxygen atoms in total. The zero-order chi connectivity index (χ0) is 10.8. The van der Waals surface area contributed by atoms with Gasteiger partial charge in [-0.05, 0) is 25.0 Å². The molecule has 1 N–H and O–H groups in total. The molecule has 1 aromatic rings. The number of anilines is 1. The normalized spacial score (nSPS) is 18.2. The maximum atomic E-state index is 12.9. The monoisotopic (exact) mass is 213 g/mol. The highest BCUT2D eigenvalue weighted by Crippen LogP contribution is 2.22. The molecule has 15 heavy (non-hydrogen) atoms. The van der Waals surface area contributed by atoms with E-state index in [0.717, 1.165) is 6.07 Å². The van der Waals surface area contributed by atoms with Crippen LogP contribution < -0.4 is 4.90 Å². The third kappa shape index (κ3) is 2.45. The summed E-state index contributed by atoms with van der Waals surface area (Å²) in [4.78, 5) is 1.89. The Labute approximate surface area is 87.1 Å². The Morgan fingerprint density at radius 1 is 1.07 bits per heavy atom. The zero-order valence-corrected chi connectivity index (χ0v) is 8.29. The average Bonchev–Trinajstić information content (AvgIpc) is 2.17. The Bertz CT molecular complexity index is 328. The molecule has 1 aliphatic rings. The van der Waals surface area contributed by atoms with Crippen LogP contribution in [-0.4, -0.2) is 24.3 Å². The maximum absolute atomic E-state index is 12.9. The largest absolute Gasteiger partial charge is 0.393 e. The number of hydrogen-bond acceptors (Lipinski definition) is 2. The van der Waals surface area contributed by atoms with Crippen LogP contribution in [0, 0.1) is 11.6 Å². The summed E-state index contributed by atoms with van der Waals surface area (Å²) in [6.07, 6.45) is 1.02. The molecule has 0 saturated carbocycles. The van der Waals surface area contributed by atoms with Crippen molar-refractivity contribution < 1.29 is 13.9 Å². The van der Waals surface area contributed by atoms with E-state index in [1.807, 2.05) is 4.90 Å². The van der Waals surface area contributed by atoms with E-state index in [1.165, 1.54) is 12.1 Å². The van der Waals surface area contributed by atoms with Gasteiger partial charge in [-0.15, -0.1) is 0 Å². The van der Waals surface area contributed by atoms with Crippen LogP contribution >= 0.6 is 0 Å². The van der Waals surface area contributed by atoms with E-state index in [0.29, 0.717) is 31.6 Å². The van der Waals surface area contributed by atoms with Crippen molar-refractivity contribution in [3.63, 3.8) is 0 Å². The maximum Gasteiger partial charge on any atom is 0.128 e. The summed E-state index contributed by atoms with van der Waals surface area (Å²) in [6, 6.07) is 3.50. The first-order valence-corrected chi connectivity index (χ1v) is 5.04. The summed E-state index contributed by atoms with van der Waals surface area (Å²) in [6.45, 7) is 1.29. The van der Waals surface area contributed by atoms with Crippen molar-refractivity contribution in [3.8, 4) is 0 Å². The molecule has 0 atom stereocenters. The zero-order valence-electron chi connectivity index (χ0n) is 8.29. The van der Waals surface area contributed by atoms with E-state index in [9.17, 15) is 13.9 Å². The molecule has 1 fully saturated rings. The summed E-state index contributed by atoms with van der Waals surface area (Å²) in [7, 11) is 0. The molecule has 0 bridgehead atoms. The molecule has 0 unspecified atom stereocenters. The summed E-state index contributed by atoms with van der Waals surface area (Å²) < 4.78 is 25.9. The van der Waals surface area contributed by atoms with Gasteiger partial charge in [0.2, 0.25) is 0 Å². The molecule has 1 heterocycles. The molecule has 0 amide bonds. The fraction of sp³-hybridized carbons (Fsp3) is 0.455.